The van der Waals surface area contributed by atoms with Crippen LogP contribution in [0, 0.1) is 5.92 Å². The minimum atomic E-state index is -4.33. The number of guanidine groups is 1. The number of rotatable bonds is 7. The van der Waals surface area contributed by atoms with Crippen molar-refractivity contribution in [3.05, 3.63) is 59.5 Å². The van der Waals surface area contributed by atoms with Crippen LogP contribution in [0.2, 0.25) is 0 Å². The van der Waals surface area contributed by atoms with Crippen LogP contribution in [0.25, 0.3) is 0 Å². The first kappa shape index (κ1) is 23.5. The van der Waals surface area contributed by atoms with Gasteiger partial charge in [0.1, 0.15) is 5.76 Å². The van der Waals surface area contributed by atoms with Crippen LogP contribution in [0.3, 0.4) is 0 Å². The average molecular weight is 523 g/mol. The van der Waals surface area contributed by atoms with Crippen molar-refractivity contribution in [2.75, 3.05) is 26.3 Å². The zero-order chi connectivity index (χ0) is 19.8. The van der Waals surface area contributed by atoms with Crippen molar-refractivity contribution in [1.82, 2.24) is 10.6 Å². The zero-order valence-electron chi connectivity index (χ0n) is 15.9. The van der Waals surface area contributed by atoms with Gasteiger partial charge in [0.25, 0.3) is 0 Å². The van der Waals surface area contributed by atoms with Gasteiger partial charge in [-0.05, 0) is 36.2 Å². The summed E-state index contributed by atoms with van der Waals surface area (Å²) in [6, 6.07) is 8.82. The monoisotopic (exact) mass is 523 g/mol. The second-order valence-corrected chi connectivity index (χ2v) is 6.73. The largest absolute Gasteiger partial charge is 0.469 e. The highest BCUT2D eigenvalue weighted by atomic mass is 127. The molecule has 1 aliphatic rings. The molecule has 1 aromatic carbocycles. The van der Waals surface area contributed by atoms with E-state index in [-0.39, 0.29) is 30.5 Å². The summed E-state index contributed by atoms with van der Waals surface area (Å²) < 4.78 is 48.7. The molecule has 29 heavy (non-hydrogen) atoms. The Morgan fingerprint density at radius 2 is 1.93 bits per heavy atom. The van der Waals surface area contributed by atoms with Crippen LogP contribution < -0.4 is 10.6 Å². The van der Waals surface area contributed by atoms with E-state index in [1.807, 2.05) is 12.1 Å². The molecule has 0 amide bonds. The summed E-state index contributed by atoms with van der Waals surface area (Å²) in [6.45, 7) is 3.16. The van der Waals surface area contributed by atoms with Gasteiger partial charge in [0, 0.05) is 32.0 Å². The Balaban J connectivity index is 0.00000300. The lowest BCUT2D eigenvalue weighted by Crippen LogP contribution is -2.40. The highest BCUT2D eigenvalue weighted by Gasteiger charge is 2.29. The first-order valence-corrected chi connectivity index (χ1v) is 9.29. The van der Waals surface area contributed by atoms with Crippen molar-refractivity contribution >= 4 is 29.9 Å². The van der Waals surface area contributed by atoms with Crippen molar-refractivity contribution in [3.63, 3.8) is 0 Å². The zero-order valence-corrected chi connectivity index (χ0v) is 18.2. The summed E-state index contributed by atoms with van der Waals surface area (Å²) in [5.74, 6) is 1.93. The maximum atomic E-state index is 12.7. The Morgan fingerprint density at radius 1 is 1.14 bits per heavy atom. The van der Waals surface area contributed by atoms with Crippen LogP contribution in [0.15, 0.2) is 52.1 Å². The van der Waals surface area contributed by atoms with Crippen molar-refractivity contribution < 1.29 is 22.3 Å². The van der Waals surface area contributed by atoms with Crippen molar-refractivity contribution in [1.29, 1.82) is 0 Å². The Morgan fingerprint density at radius 3 is 2.55 bits per heavy atom. The highest BCUT2D eigenvalue weighted by Crippen LogP contribution is 2.29. The fraction of sp³-hybridized carbons (Fsp3) is 0.450. The molecule has 0 aliphatic carbocycles. The number of nitrogens with one attached hydrogen (secondary N) is 2. The topological polar surface area (TPSA) is 58.8 Å². The predicted molar refractivity (Wildman–Crippen MR) is 115 cm³/mol. The second kappa shape index (κ2) is 11.4. The quantitative estimate of drug-likeness (QED) is 0.324. The normalized spacial score (nSPS) is 17.1. The van der Waals surface area contributed by atoms with Gasteiger partial charge < -0.3 is 19.8 Å². The van der Waals surface area contributed by atoms with Crippen LogP contribution in [0.1, 0.15) is 23.3 Å². The van der Waals surface area contributed by atoms with Gasteiger partial charge in [-0.2, -0.15) is 13.2 Å². The molecule has 1 unspecified atom stereocenters. The van der Waals surface area contributed by atoms with Crippen LogP contribution >= 0.6 is 24.0 Å². The minimum absolute atomic E-state index is 0. The predicted octanol–water partition coefficient (Wildman–Crippen LogP) is 4.23. The molecule has 0 spiro atoms. The number of nitrogens with zero attached hydrogens (tertiary/aromatic N) is 1. The molecular weight excluding hydrogens is 498 g/mol. The number of ether oxygens (including phenoxy) is 1. The molecule has 3 rings (SSSR count). The molecule has 0 saturated carbocycles. The molecule has 2 heterocycles. The molecule has 1 atom stereocenters. The van der Waals surface area contributed by atoms with E-state index in [1.165, 1.54) is 12.1 Å². The molecule has 0 bridgehead atoms. The summed E-state index contributed by atoms with van der Waals surface area (Å²) in [4.78, 5) is 4.51. The molecule has 2 aromatic rings. The maximum absolute atomic E-state index is 12.7. The van der Waals surface area contributed by atoms with E-state index in [0.29, 0.717) is 30.4 Å². The number of furan rings is 1. The number of benzene rings is 1. The molecule has 160 valence electrons. The lowest BCUT2D eigenvalue weighted by atomic mass is 10.1. The third-order valence-electron chi connectivity index (χ3n) is 4.53. The fourth-order valence-electron chi connectivity index (χ4n) is 2.89. The highest BCUT2D eigenvalue weighted by molar-refractivity contribution is 14.0. The summed E-state index contributed by atoms with van der Waals surface area (Å²) in [7, 11) is 0. The summed E-state index contributed by atoms with van der Waals surface area (Å²) in [5.41, 5.74) is 0.0562. The van der Waals surface area contributed by atoms with Gasteiger partial charge in [0.2, 0.25) is 0 Å². The van der Waals surface area contributed by atoms with E-state index in [1.54, 1.807) is 6.26 Å². The van der Waals surface area contributed by atoms with Crippen molar-refractivity contribution in [3.8, 4) is 0 Å². The Hall–Kier alpha value is -1.75. The fourth-order valence-corrected chi connectivity index (χ4v) is 2.89. The molecule has 9 heteroatoms. The van der Waals surface area contributed by atoms with Gasteiger partial charge >= 0.3 is 6.18 Å². The number of alkyl halides is 3. The SMILES string of the molecule is FC(F)(F)c1ccc(CN=C(NCCc2ccco2)NCC2CCOC2)cc1.I. The van der Waals surface area contributed by atoms with E-state index in [2.05, 4.69) is 15.6 Å². The number of hydrogen-bond donors (Lipinski definition) is 2. The maximum Gasteiger partial charge on any atom is 0.416 e. The van der Waals surface area contributed by atoms with Gasteiger partial charge in [-0.3, -0.25) is 0 Å². The second-order valence-electron chi connectivity index (χ2n) is 6.73. The number of halogens is 4. The van der Waals surface area contributed by atoms with E-state index >= 15 is 0 Å². The first-order chi connectivity index (χ1) is 13.5. The van der Waals surface area contributed by atoms with Gasteiger partial charge in [0.05, 0.1) is 25.0 Å². The van der Waals surface area contributed by atoms with Crippen LogP contribution in [0.5, 0.6) is 0 Å². The molecule has 2 N–H and O–H groups in total. The van der Waals surface area contributed by atoms with E-state index in [0.717, 1.165) is 44.1 Å². The molecule has 1 saturated heterocycles. The summed E-state index contributed by atoms with van der Waals surface area (Å²) in [5, 5.41) is 6.54. The van der Waals surface area contributed by atoms with E-state index < -0.39 is 11.7 Å². The molecular formula is C20H25F3IN3O2. The smallest absolute Gasteiger partial charge is 0.416 e. The van der Waals surface area contributed by atoms with Crippen LogP contribution in [0.4, 0.5) is 13.2 Å². The third kappa shape index (κ3) is 7.88. The van der Waals surface area contributed by atoms with Crippen LogP contribution in [-0.4, -0.2) is 32.3 Å². The van der Waals surface area contributed by atoms with Crippen LogP contribution in [-0.2, 0) is 23.9 Å². The van der Waals surface area contributed by atoms with Gasteiger partial charge in [-0.25, -0.2) is 4.99 Å². The summed E-state index contributed by atoms with van der Waals surface area (Å²) >= 11 is 0. The molecule has 1 aromatic heterocycles. The molecule has 0 radical (unpaired) electrons. The molecule has 1 fully saturated rings. The molecule has 5 nitrogen and oxygen atoms in total. The van der Waals surface area contributed by atoms with Crippen molar-refractivity contribution in [2.45, 2.75) is 25.6 Å². The standard InChI is InChI=1S/C20H24F3N3O2.HI/c21-20(22,23)17-5-3-15(4-6-17)12-25-19(26-13-16-8-11-27-14-16)24-9-7-18-2-1-10-28-18;/h1-6,10,16H,7-9,11-14H2,(H2,24,25,26);1H. The lowest BCUT2D eigenvalue weighted by Gasteiger charge is -2.15. The van der Waals surface area contributed by atoms with E-state index in [9.17, 15) is 13.2 Å². The number of aliphatic imine (C=N–C) groups is 1. The summed E-state index contributed by atoms with van der Waals surface area (Å²) in [6.07, 6.45) is -0.981. The van der Waals surface area contributed by atoms with Gasteiger partial charge in [0.15, 0.2) is 5.96 Å². The lowest BCUT2D eigenvalue weighted by molar-refractivity contribution is -0.137. The average Bonchev–Trinajstić information content (AvgIpc) is 3.37. The Labute approximate surface area is 185 Å². The van der Waals surface area contributed by atoms with E-state index in [4.69, 9.17) is 9.15 Å². The first-order valence-electron chi connectivity index (χ1n) is 9.29. The Kier molecular flexibility index (Phi) is 9.28. The van der Waals surface area contributed by atoms with Gasteiger partial charge in [-0.1, -0.05) is 12.1 Å². The van der Waals surface area contributed by atoms with Gasteiger partial charge in [-0.15, -0.1) is 24.0 Å². The minimum Gasteiger partial charge on any atom is -0.469 e. The Bertz CT molecular complexity index is 743. The van der Waals surface area contributed by atoms with Crippen molar-refractivity contribution in [2.24, 2.45) is 10.9 Å². The number of hydrogen-bond acceptors (Lipinski definition) is 3. The molecule has 1 aliphatic heterocycles. The third-order valence-corrected chi connectivity index (χ3v) is 4.53.